The first kappa shape index (κ1) is 19.2. The number of thioether (sulfide) groups is 1. The van der Waals surface area contributed by atoms with E-state index < -0.39 is 15.1 Å². The fourth-order valence-electron chi connectivity index (χ4n) is 2.78. The van der Waals surface area contributed by atoms with Crippen LogP contribution in [0.4, 0.5) is 5.69 Å². The van der Waals surface area contributed by atoms with Crippen LogP contribution >= 0.6 is 23.4 Å². The molecule has 2 aliphatic heterocycles. The zero-order valence-electron chi connectivity index (χ0n) is 14.0. The van der Waals surface area contributed by atoms with Crippen LogP contribution in [0.3, 0.4) is 0 Å². The van der Waals surface area contributed by atoms with Crippen molar-refractivity contribution in [3.05, 3.63) is 29.3 Å². The van der Waals surface area contributed by atoms with E-state index >= 15 is 0 Å². The Morgan fingerprint density at radius 2 is 2.15 bits per heavy atom. The van der Waals surface area contributed by atoms with E-state index in [2.05, 4.69) is 10.3 Å². The monoisotopic (exact) mass is 415 g/mol. The minimum atomic E-state index is -3.06. The van der Waals surface area contributed by atoms with Crippen LogP contribution in [0.2, 0.25) is 5.02 Å². The average Bonchev–Trinajstić information content (AvgIpc) is 3.10. The number of nitrogens with zero attached hydrogens (tertiary/aromatic N) is 2. The van der Waals surface area contributed by atoms with Gasteiger partial charge in [-0.25, -0.2) is 8.42 Å². The first-order valence-electron chi connectivity index (χ1n) is 8.06. The number of amides is 2. The molecule has 0 saturated carbocycles. The number of halogens is 1. The molecule has 7 nitrogen and oxygen atoms in total. The summed E-state index contributed by atoms with van der Waals surface area (Å²) in [6.45, 7) is 1.70. The lowest BCUT2D eigenvalue weighted by Crippen LogP contribution is -2.41. The molecule has 26 heavy (non-hydrogen) atoms. The van der Waals surface area contributed by atoms with Gasteiger partial charge in [-0.3, -0.25) is 19.5 Å². The Morgan fingerprint density at radius 3 is 2.81 bits per heavy atom. The first-order valence-corrected chi connectivity index (χ1v) is 11.1. The van der Waals surface area contributed by atoms with Crippen LogP contribution in [0.15, 0.2) is 29.3 Å². The van der Waals surface area contributed by atoms with Crippen LogP contribution in [-0.2, 0) is 19.4 Å². The Bertz CT molecular complexity index is 872. The van der Waals surface area contributed by atoms with Gasteiger partial charge in [0.15, 0.2) is 15.0 Å². The lowest BCUT2D eigenvalue weighted by atomic mass is 10.2. The number of benzene rings is 1. The quantitative estimate of drug-likeness (QED) is 0.803. The number of anilines is 1. The molecule has 0 aliphatic carbocycles. The van der Waals surface area contributed by atoms with Crippen LogP contribution in [0.5, 0.6) is 0 Å². The fourth-order valence-corrected chi connectivity index (χ4v) is 5.61. The van der Waals surface area contributed by atoms with E-state index in [1.165, 1.54) is 4.90 Å². The number of hydrogen-bond donors (Lipinski definition) is 1. The lowest BCUT2D eigenvalue weighted by Gasteiger charge is -2.21. The Labute approximate surface area is 161 Å². The molecule has 2 atom stereocenters. The average molecular weight is 416 g/mol. The molecule has 2 aliphatic rings. The van der Waals surface area contributed by atoms with Crippen LogP contribution in [0.25, 0.3) is 0 Å². The second-order valence-corrected chi connectivity index (χ2v) is 10.1. The summed E-state index contributed by atoms with van der Waals surface area (Å²) in [5, 5.41) is 3.06. The van der Waals surface area contributed by atoms with E-state index in [1.54, 1.807) is 31.2 Å². The first-order chi connectivity index (χ1) is 12.3. The molecule has 1 aromatic rings. The highest BCUT2D eigenvalue weighted by Crippen LogP contribution is 2.31. The molecule has 10 heteroatoms. The summed E-state index contributed by atoms with van der Waals surface area (Å²) < 4.78 is 23.0. The smallest absolute Gasteiger partial charge is 0.254 e. The predicted molar refractivity (Wildman–Crippen MR) is 103 cm³/mol. The zero-order valence-corrected chi connectivity index (χ0v) is 16.4. The summed E-state index contributed by atoms with van der Waals surface area (Å²) in [5.74, 6) is -0.421. The minimum absolute atomic E-state index is 0.00274. The third kappa shape index (κ3) is 4.21. The summed E-state index contributed by atoms with van der Waals surface area (Å²) in [6.07, 6.45) is 0.427. The highest BCUT2D eigenvalue weighted by molar-refractivity contribution is 8.15. The van der Waals surface area contributed by atoms with Gasteiger partial charge in [-0.05, 0) is 25.5 Å². The van der Waals surface area contributed by atoms with Crippen LogP contribution in [0, 0.1) is 0 Å². The second kappa shape index (κ2) is 7.58. The number of rotatable bonds is 4. The largest absolute Gasteiger partial charge is 0.351 e. The maximum Gasteiger partial charge on any atom is 0.254 e. The topological polar surface area (TPSA) is 95.9 Å². The van der Waals surface area contributed by atoms with Crippen molar-refractivity contribution in [2.75, 3.05) is 23.0 Å². The molecule has 0 spiro atoms. The number of hydrogen-bond acceptors (Lipinski definition) is 6. The van der Waals surface area contributed by atoms with Crippen LogP contribution in [0.1, 0.15) is 13.3 Å². The highest BCUT2D eigenvalue weighted by atomic mass is 35.5. The molecule has 0 bridgehead atoms. The molecule has 3 rings (SSSR count). The predicted octanol–water partition coefficient (Wildman–Crippen LogP) is 1.47. The Hall–Kier alpha value is -1.58. The van der Waals surface area contributed by atoms with Gasteiger partial charge in [0.1, 0.15) is 6.54 Å². The normalized spacial score (nSPS) is 23.0. The maximum absolute atomic E-state index is 12.4. The van der Waals surface area contributed by atoms with Gasteiger partial charge in [-0.1, -0.05) is 35.5 Å². The molecule has 1 fully saturated rings. The van der Waals surface area contributed by atoms with E-state index in [9.17, 15) is 18.0 Å². The standard InChI is InChI=1S/C16H18ClN3O4S2/c1-10(15(22)19-11-6-7-26(23,24)9-11)25-16-18-8-14(21)20(16)13-5-3-2-4-12(13)17/h2-5,10-11H,6-9H2,1H3,(H,19,22)/t10-,11-/m0/s1. The zero-order chi connectivity index (χ0) is 18.9. The number of sulfone groups is 1. The van der Waals surface area contributed by atoms with Crippen molar-refractivity contribution in [3.8, 4) is 0 Å². The molecule has 140 valence electrons. The highest BCUT2D eigenvalue weighted by Gasteiger charge is 2.33. The van der Waals surface area contributed by atoms with E-state index in [0.29, 0.717) is 22.3 Å². The van der Waals surface area contributed by atoms with Gasteiger partial charge in [0.25, 0.3) is 5.91 Å². The molecular weight excluding hydrogens is 398 g/mol. The Morgan fingerprint density at radius 1 is 1.42 bits per heavy atom. The molecule has 0 unspecified atom stereocenters. The van der Waals surface area contributed by atoms with Gasteiger partial charge in [-0.2, -0.15) is 0 Å². The molecule has 2 amide bonds. The van der Waals surface area contributed by atoms with Gasteiger partial charge < -0.3 is 5.32 Å². The van der Waals surface area contributed by atoms with Crippen molar-refractivity contribution in [1.29, 1.82) is 0 Å². The van der Waals surface area contributed by atoms with E-state index in [4.69, 9.17) is 11.6 Å². The lowest BCUT2D eigenvalue weighted by molar-refractivity contribution is -0.121. The van der Waals surface area contributed by atoms with Crippen LogP contribution < -0.4 is 10.2 Å². The molecule has 2 heterocycles. The Kier molecular flexibility index (Phi) is 5.59. The maximum atomic E-state index is 12.4. The fraction of sp³-hybridized carbons (Fsp3) is 0.438. The van der Waals surface area contributed by atoms with Crippen molar-refractivity contribution < 1.29 is 18.0 Å². The molecular formula is C16H18ClN3O4S2. The molecule has 0 radical (unpaired) electrons. The Balaban J connectivity index is 1.66. The van der Waals surface area contributed by atoms with Crippen molar-refractivity contribution in [2.24, 2.45) is 4.99 Å². The van der Waals surface area contributed by atoms with Gasteiger partial charge in [0.05, 0.1) is 27.5 Å². The third-order valence-electron chi connectivity index (χ3n) is 4.11. The second-order valence-electron chi connectivity index (χ2n) is 6.15. The SMILES string of the molecule is C[C@H](SC1=NCC(=O)N1c1ccccc1Cl)C(=O)N[C@H]1CCS(=O)(=O)C1. The number of carbonyl (C=O) groups is 2. The number of carbonyl (C=O) groups excluding carboxylic acids is 2. The van der Waals surface area contributed by atoms with Gasteiger partial charge in [-0.15, -0.1) is 0 Å². The van der Waals surface area contributed by atoms with Crippen LogP contribution in [-0.4, -0.2) is 54.7 Å². The molecule has 0 aromatic heterocycles. The number of aliphatic imine (C=N–C) groups is 1. The summed E-state index contributed by atoms with van der Waals surface area (Å²) in [7, 11) is -3.06. The third-order valence-corrected chi connectivity index (χ3v) is 7.29. The molecule has 1 saturated heterocycles. The van der Waals surface area contributed by atoms with Crippen molar-refractivity contribution in [2.45, 2.75) is 24.6 Å². The summed E-state index contributed by atoms with van der Waals surface area (Å²) in [6, 6.07) is 6.58. The molecule has 1 aromatic carbocycles. The summed E-state index contributed by atoms with van der Waals surface area (Å²) >= 11 is 7.33. The van der Waals surface area contributed by atoms with Gasteiger partial charge in [0, 0.05) is 6.04 Å². The van der Waals surface area contributed by atoms with E-state index in [0.717, 1.165) is 11.8 Å². The number of para-hydroxylation sites is 1. The van der Waals surface area contributed by atoms with Gasteiger partial charge in [0.2, 0.25) is 5.91 Å². The van der Waals surface area contributed by atoms with Crippen molar-refractivity contribution >= 4 is 55.9 Å². The van der Waals surface area contributed by atoms with E-state index in [1.807, 2.05) is 0 Å². The molecule has 1 N–H and O–H groups in total. The van der Waals surface area contributed by atoms with Gasteiger partial charge >= 0.3 is 0 Å². The summed E-state index contributed by atoms with van der Waals surface area (Å²) in [4.78, 5) is 30.2. The summed E-state index contributed by atoms with van der Waals surface area (Å²) in [5.41, 5.74) is 0.525. The van der Waals surface area contributed by atoms with E-state index in [-0.39, 0.29) is 35.9 Å². The van der Waals surface area contributed by atoms with Crippen molar-refractivity contribution in [3.63, 3.8) is 0 Å². The number of amidine groups is 1. The minimum Gasteiger partial charge on any atom is -0.351 e. The van der Waals surface area contributed by atoms with Crippen molar-refractivity contribution in [1.82, 2.24) is 5.32 Å². The number of nitrogens with one attached hydrogen (secondary N) is 1.